The Labute approximate surface area is 287 Å². The summed E-state index contributed by atoms with van der Waals surface area (Å²) in [6.07, 6.45) is 1.68. The topological polar surface area (TPSA) is 65.1 Å². The first kappa shape index (κ1) is 33.7. The number of halogens is 2. The van der Waals surface area contributed by atoms with Crippen LogP contribution in [0.2, 0.25) is 10.1 Å². The molecule has 7 nitrogen and oxygen atoms in total. The number of hydrogen-bond donors (Lipinski definition) is 1. The van der Waals surface area contributed by atoms with Crippen LogP contribution < -0.4 is 29.6 Å². The van der Waals surface area contributed by atoms with Gasteiger partial charge in [-0.2, -0.15) is 0 Å². The summed E-state index contributed by atoms with van der Waals surface area (Å²) < 4.78 is 40.1. The van der Waals surface area contributed by atoms with Crippen LogP contribution in [0.15, 0.2) is 97.2 Å². The Bertz CT molecular complexity index is 1810. The van der Waals surface area contributed by atoms with Crippen molar-refractivity contribution < 1.29 is 23.0 Å². The summed E-state index contributed by atoms with van der Waals surface area (Å²) >= 11 is 6.76. The second-order valence-electron chi connectivity index (χ2n) is 12.8. The van der Waals surface area contributed by atoms with Gasteiger partial charge in [-0.15, -0.1) is 0 Å². The molecule has 0 aliphatic carbocycles. The van der Waals surface area contributed by atoms with E-state index in [1.165, 1.54) is 6.07 Å². The number of nitrogens with one attached hydrogen (secondary N) is 1. The molecule has 250 valence electrons. The fourth-order valence-corrected chi connectivity index (χ4v) is 11.0. The van der Waals surface area contributed by atoms with E-state index in [1.807, 2.05) is 48.5 Å². The van der Waals surface area contributed by atoms with Gasteiger partial charge in [0, 0.05) is 49.0 Å². The predicted molar refractivity (Wildman–Crippen MR) is 194 cm³/mol. The number of methoxy groups -OCH3 is 1. The van der Waals surface area contributed by atoms with E-state index in [2.05, 4.69) is 60.2 Å². The van der Waals surface area contributed by atoms with Gasteiger partial charge in [0.1, 0.15) is 18.2 Å². The third-order valence-electron chi connectivity index (χ3n) is 8.77. The zero-order chi connectivity index (χ0) is 33.7. The molecule has 1 N–H and O–H groups in total. The van der Waals surface area contributed by atoms with Gasteiger partial charge in [-0.3, -0.25) is 9.88 Å². The molecule has 5 aromatic rings. The lowest BCUT2D eigenvalue weighted by Gasteiger charge is -2.43. The van der Waals surface area contributed by atoms with Crippen LogP contribution in [0, 0.1) is 5.82 Å². The molecule has 0 radical (unpaired) electrons. The molecule has 0 unspecified atom stereocenters. The highest BCUT2D eigenvalue weighted by molar-refractivity contribution is 7.00. The molecule has 1 aliphatic heterocycles. The average molecular weight is 686 g/mol. The summed E-state index contributed by atoms with van der Waals surface area (Å²) in [5.41, 5.74) is 1.56. The molecule has 1 aromatic heterocycles. The number of benzene rings is 4. The Balaban J connectivity index is 1.34. The quantitative estimate of drug-likeness (QED) is 0.145. The third-order valence-corrected chi connectivity index (χ3v) is 14.0. The van der Waals surface area contributed by atoms with Crippen LogP contribution in [0.25, 0.3) is 10.9 Å². The van der Waals surface area contributed by atoms with Crippen LogP contribution in [-0.4, -0.2) is 64.8 Å². The van der Waals surface area contributed by atoms with Gasteiger partial charge < -0.3 is 24.0 Å². The second kappa shape index (κ2) is 14.5. The van der Waals surface area contributed by atoms with Crippen molar-refractivity contribution in [2.24, 2.45) is 0 Å². The summed E-state index contributed by atoms with van der Waals surface area (Å²) in [5.74, 6) is 1.06. The van der Waals surface area contributed by atoms with Gasteiger partial charge >= 0.3 is 8.32 Å². The molecule has 6 rings (SSSR count). The van der Waals surface area contributed by atoms with Gasteiger partial charge in [-0.1, -0.05) is 93.0 Å². The highest BCUT2D eigenvalue weighted by Crippen LogP contribution is 2.42. The number of fused-ring (bicyclic) bond motifs is 1. The lowest BCUT2D eigenvalue weighted by molar-refractivity contribution is 0.0321. The van der Waals surface area contributed by atoms with E-state index in [1.54, 1.807) is 25.4 Å². The summed E-state index contributed by atoms with van der Waals surface area (Å²) in [4.78, 5) is 6.89. The minimum Gasteiger partial charge on any atom is -0.533 e. The van der Waals surface area contributed by atoms with Crippen molar-refractivity contribution in [3.8, 4) is 17.2 Å². The fraction of sp³-hybridized carbons (Fsp3) is 0.289. The van der Waals surface area contributed by atoms with E-state index in [0.717, 1.165) is 48.6 Å². The smallest absolute Gasteiger partial charge is 0.320 e. The van der Waals surface area contributed by atoms with Gasteiger partial charge in [0.2, 0.25) is 0 Å². The lowest BCUT2D eigenvalue weighted by atomic mass is 10.1. The summed E-state index contributed by atoms with van der Waals surface area (Å²) in [6.45, 7) is 11.1. The molecule has 0 atom stereocenters. The molecule has 1 aliphatic rings. The van der Waals surface area contributed by atoms with E-state index >= 15 is 4.39 Å². The number of morpholine rings is 1. The van der Waals surface area contributed by atoms with Crippen LogP contribution in [0.1, 0.15) is 20.8 Å². The fourth-order valence-electron chi connectivity index (χ4n) is 6.31. The maximum atomic E-state index is 15.7. The van der Waals surface area contributed by atoms with Crippen molar-refractivity contribution in [2.75, 3.05) is 51.9 Å². The molecular formula is C38H41ClFN3O4Si. The van der Waals surface area contributed by atoms with Crippen LogP contribution in [0.5, 0.6) is 17.2 Å². The molecule has 1 saturated heterocycles. The Hall–Kier alpha value is -4.15. The van der Waals surface area contributed by atoms with Gasteiger partial charge in [0.05, 0.1) is 36.6 Å². The number of ether oxygens (including phenoxy) is 3. The Morgan fingerprint density at radius 1 is 0.875 bits per heavy atom. The first-order valence-corrected chi connectivity index (χ1v) is 18.4. The Kier molecular flexibility index (Phi) is 10.2. The molecule has 0 bridgehead atoms. The van der Waals surface area contributed by atoms with Crippen molar-refractivity contribution in [3.05, 3.63) is 108 Å². The van der Waals surface area contributed by atoms with Crippen molar-refractivity contribution in [1.82, 2.24) is 9.88 Å². The minimum absolute atomic E-state index is 0.200. The molecule has 0 amide bonds. The lowest BCUT2D eigenvalue weighted by Crippen LogP contribution is -2.68. The SMILES string of the molecule is COc1cc2c(Nc3cc(O[Si](c4ccccc4)(c4ccccc4)C(C)(C)C)c(Cl)cc3F)ccnc2cc1OCCN1CCOCC1. The van der Waals surface area contributed by atoms with E-state index in [4.69, 9.17) is 30.2 Å². The van der Waals surface area contributed by atoms with E-state index in [0.29, 0.717) is 35.1 Å². The van der Waals surface area contributed by atoms with Crippen LogP contribution in [-0.2, 0) is 4.74 Å². The number of rotatable bonds is 11. The Morgan fingerprint density at radius 2 is 1.54 bits per heavy atom. The zero-order valence-electron chi connectivity index (χ0n) is 27.8. The molecule has 0 saturated carbocycles. The normalized spacial score (nSPS) is 14.1. The molecule has 0 spiro atoms. The molecule has 48 heavy (non-hydrogen) atoms. The maximum absolute atomic E-state index is 15.7. The molecule has 1 fully saturated rings. The van der Waals surface area contributed by atoms with Gasteiger partial charge in [-0.25, -0.2) is 4.39 Å². The summed E-state index contributed by atoms with van der Waals surface area (Å²) in [7, 11) is -1.42. The van der Waals surface area contributed by atoms with Crippen LogP contribution in [0.3, 0.4) is 0 Å². The molecular weight excluding hydrogens is 645 g/mol. The molecule has 4 aromatic carbocycles. The largest absolute Gasteiger partial charge is 0.533 e. The standard InChI is InChI=1S/C38H41ClFN3O4Si/c1-38(2,3)48(27-11-7-5-8-12-27,28-13-9-6-10-14-28)47-35-26-34(31(40)24-30(35)39)42-32-15-16-41-33-25-37(36(44-4)23-29(32)33)46-22-19-43-17-20-45-21-18-43/h5-16,23-26H,17-22H2,1-4H3,(H,41,42). The van der Waals surface area contributed by atoms with Crippen molar-refractivity contribution >= 4 is 52.6 Å². The van der Waals surface area contributed by atoms with Crippen LogP contribution in [0.4, 0.5) is 15.8 Å². The van der Waals surface area contributed by atoms with Gasteiger partial charge in [0.15, 0.2) is 11.5 Å². The highest BCUT2D eigenvalue weighted by atomic mass is 35.5. The third kappa shape index (κ3) is 7.00. The second-order valence-corrected chi connectivity index (χ2v) is 17.5. The van der Waals surface area contributed by atoms with E-state index in [9.17, 15) is 0 Å². The number of nitrogens with zero attached hydrogens (tertiary/aromatic N) is 2. The maximum Gasteiger partial charge on any atom is 0.320 e. The number of anilines is 2. The predicted octanol–water partition coefficient (Wildman–Crippen LogP) is 7.43. The molecule has 10 heteroatoms. The van der Waals surface area contributed by atoms with Crippen molar-refractivity contribution in [1.29, 1.82) is 0 Å². The Morgan fingerprint density at radius 3 is 2.17 bits per heavy atom. The van der Waals surface area contributed by atoms with E-state index < -0.39 is 14.1 Å². The number of pyridine rings is 1. The van der Waals surface area contributed by atoms with Crippen molar-refractivity contribution in [2.45, 2.75) is 25.8 Å². The average Bonchev–Trinajstić information content (AvgIpc) is 3.09. The zero-order valence-corrected chi connectivity index (χ0v) is 29.5. The summed E-state index contributed by atoms with van der Waals surface area (Å²) in [5, 5.41) is 6.12. The summed E-state index contributed by atoms with van der Waals surface area (Å²) in [6, 6.07) is 29.0. The number of aromatic nitrogens is 1. The van der Waals surface area contributed by atoms with Gasteiger partial charge in [-0.05, 0) is 33.6 Å². The first-order chi connectivity index (χ1) is 23.2. The monoisotopic (exact) mass is 685 g/mol. The first-order valence-electron chi connectivity index (χ1n) is 16.2. The van der Waals surface area contributed by atoms with Crippen molar-refractivity contribution in [3.63, 3.8) is 0 Å². The highest BCUT2D eigenvalue weighted by Gasteiger charge is 2.52. The van der Waals surface area contributed by atoms with E-state index in [-0.39, 0.29) is 15.7 Å². The minimum atomic E-state index is -3.02. The van der Waals surface area contributed by atoms with Crippen LogP contribution >= 0.6 is 11.6 Å². The number of hydrogen-bond acceptors (Lipinski definition) is 7. The van der Waals surface area contributed by atoms with Gasteiger partial charge in [0.25, 0.3) is 0 Å². The molecule has 2 heterocycles.